The summed E-state index contributed by atoms with van der Waals surface area (Å²) in [4.78, 5) is 27.9. The van der Waals surface area contributed by atoms with E-state index in [1.807, 2.05) is 6.07 Å². The Morgan fingerprint density at radius 1 is 1.22 bits per heavy atom. The highest BCUT2D eigenvalue weighted by molar-refractivity contribution is 9.10. The lowest BCUT2D eigenvalue weighted by molar-refractivity contribution is 0.0258. The molecular weight excluding hydrogens is 366 g/mol. The van der Waals surface area contributed by atoms with E-state index in [1.54, 1.807) is 12.3 Å². The molecule has 8 heteroatoms. The smallest absolute Gasteiger partial charge is 0.415 e. The molecule has 7 nitrogen and oxygen atoms in total. The zero-order valence-corrected chi connectivity index (χ0v) is 13.5. The van der Waals surface area contributed by atoms with Crippen molar-refractivity contribution in [1.82, 2.24) is 9.88 Å². The van der Waals surface area contributed by atoms with Crippen molar-refractivity contribution >= 4 is 27.7 Å². The predicted molar refractivity (Wildman–Crippen MR) is 85.8 cm³/mol. The second kappa shape index (κ2) is 6.74. The number of pyridine rings is 1. The van der Waals surface area contributed by atoms with Crippen LogP contribution in [-0.2, 0) is 0 Å². The minimum Gasteiger partial charge on any atom is -0.471 e. The van der Waals surface area contributed by atoms with Gasteiger partial charge in [-0.3, -0.25) is 0 Å². The van der Waals surface area contributed by atoms with Gasteiger partial charge >= 0.3 is 6.09 Å². The molecule has 1 saturated heterocycles. The van der Waals surface area contributed by atoms with Crippen LogP contribution in [0, 0.1) is 4.91 Å². The zero-order chi connectivity index (χ0) is 16.2. The van der Waals surface area contributed by atoms with Crippen LogP contribution in [-0.4, -0.2) is 35.2 Å². The van der Waals surface area contributed by atoms with Gasteiger partial charge in [0, 0.05) is 16.7 Å². The van der Waals surface area contributed by atoms with Crippen molar-refractivity contribution in [3.63, 3.8) is 0 Å². The Balaban J connectivity index is 1.47. The standard InChI is InChI=1S/C15H12BrN3O4/c16-10-1-6-14(17-7-10)22-13-8-19(9-13)15(20)23-12-4-2-11(18-21)3-5-12/h1-7,13H,8-9H2. The molecule has 3 rings (SSSR count). The third-order valence-electron chi connectivity index (χ3n) is 3.24. The van der Waals surface area contributed by atoms with Crippen LogP contribution in [0.5, 0.6) is 11.6 Å². The van der Waals surface area contributed by atoms with Crippen LogP contribution in [0.1, 0.15) is 0 Å². The molecule has 0 unspecified atom stereocenters. The Kier molecular flexibility index (Phi) is 4.52. The van der Waals surface area contributed by atoms with Gasteiger partial charge in [-0.05, 0) is 51.4 Å². The number of ether oxygens (including phenoxy) is 2. The van der Waals surface area contributed by atoms with E-state index in [9.17, 15) is 9.70 Å². The maximum atomic E-state index is 11.9. The fourth-order valence-electron chi connectivity index (χ4n) is 2.00. The summed E-state index contributed by atoms with van der Waals surface area (Å²) in [6, 6.07) is 9.61. The lowest BCUT2D eigenvalue weighted by atomic mass is 10.2. The predicted octanol–water partition coefficient (Wildman–Crippen LogP) is 3.50. The molecule has 0 radical (unpaired) electrons. The van der Waals surface area contributed by atoms with Crippen molar-refractivity contribution in [2.45, 2.75) is 6.10 Å². The first-order valence-corrected chi connectivity index (χ1v) is 7.62. The molecule has 0 spiro atoms. The number of halogens is 1. The highest BCUT2D eigenvalue weighted by Gasteiger charge is 2.33. The van der Waals surface area contributed by atoms with Gasteiger partial charge in [0.25, 0.3) is 0 Å². The number of amides is 1. The zero-order valence-electron chi connectivity index (χ0n) is 11.9. The lowest BCUT2D eigenvalue weighted by Crippen LogP contribution is -2.57. The topological polar surface area (TPSA) is 81.1 Å². The summed E-state index contributed by atoms with van der Waals surface area (Å²) < 4.78 is 11.7. The molecule has 2 aromatic rings. The van der Waals surface area contributed by atoms with Gasteiger partial charge in [0.05, 0.1) is 13.1 Å². The van der Waals surface area contributed by atoms with Gasteiger partial charge in [0.15, 0.2) is 0 Å². The monoisotopic (exact) mass is 377 g/mol. The van der Waals surface area contributed by atoms with E-state index < -0.39 is 6.09 Å². The van der Waals surface area contributed by atoms with Crippen LogP contribution < -0.4 is 9.47 Å². The number of aromatic nitrogens is 1. The first-order valence-electron chi connectivity index (χ1n) is 6.82. The minimum atomic E-state index is -0.458. The van der Waals surface area contributed by atoms with Gasteiger partial charge in [-0.15, -0.1) is 4.91 Å². The van der Waals surface area contributed by atoms with E-state index in [1.165, 1.54) is 29.2 Å². The van der Waals surface area contributed by atoms with E-state index in [0.29, 0.717) is 24.7 Å². The van der Waals surface area contributed by atoms with Crippen molar-refractivity contribution in [1.29, 1.82) is 0 Å². The van der Waals surface area contributed by atoms with Crippen molar-refractivity contribution in [3.8, 4) is 11.6 Å². The Bertz CT molecular complexity index is 700. The molecule has 1 fully saturated rings. The number of rotatable bonds is 4. The summed E-state index contributed by atoms with van der Waals surface area (Å²) in [5.74, 6) is 0.879. The van der Waals surface area contributed by atoms with E-state index in [0.717, 1.165) is 4.47 Å². The average Bonchev–Trinajstić information content (AvgIpc) is 2.53. The van der Waals surface area contributed by atoms with Crippen molar-refractivity contribution in [2.24, 2.45) is 5.18 Å². The molecule has 1 aliphatic heterocycles. The summed E-state index contributed by atoms with van der Waals surface area (Å²) in [5, 5.41) is 2.78. The summed E-state index contributed by atoms with van der Waals surface area (Å²) in [6.07, 6.45) is 1.09. The van der Waals surface area contributed by atoms with Crippen LogP contribution in [0.25, 0.3) is 0 Å². The van der Waals surface area contributed by atoms with Crippen LogP contribution >= 0.6 is 15.9 Å². The van der Waals surface area contributed by atoms with E-state index in [2.05, 4.69) is 26.1 Å². The summed E-state index contributed by atoms with van der Waals surface area (Å²) in [7, 11) is 0. The van der Waals surface area contributed by atoms with Crippen LogP contribution in [0.3, 0.4) is 0 Å². The molecule has 0 N–H and O–H groups in total. The molecule has 0 atom stereocenters. The maximum absolute atomic E-state index is 11.9. The first-order chi connectivity index (χ1) is 11.1. The number of carbonyl (C=O) groups excluding carboxylic acids is 1. The highest BCUT2D eigenvalue weighted by Crippen LogP contribution is 2.21. The lowest BCUT2D eigenvalue weighted by Gasteiger charge is -2.37. The Hall–Kier alpha value is -2.48. The molecular formula is C15H12BrN3O4. The summed E-state index contributed by atoms with van der Waals surface area (Å²) >= 11 is 3.30. The number of nitrogens with zero attached hydrogens (tertiary/aromatic N) is 3. The van der Waals surface area contributed by atoms with Gasteiger partial charge in [-0.2, -0.15) is 0 Å². The quantitative estimate of drug-likeness (QED) is 0.761. The fraction of sp³-hybridized carbons (Fsp3) is 0.200. The molecule has 23 heavy (non-hydrogen) atoms. The molecule has 1 aromatic carbocycles. The molecule has 1 aliphatic rings. The van der Waals surface area contributed by atoms with Gasteiger partial charge < -0.3 is 14.4 Å². The second-order valence-electron chi connectivity index (χ2n) is 4.91. The second-order valence-corrected chi connectivity index (χ2v) is 5.83. The molecule has 1 aromatic heterocycles. The van der Waals surface area contributed by atoms with Gasteiger partial charge in [-0.1, -0.05) is 0 Å². The summed E-state index contributed by atoms with van der Waals surface area (Å²) in [5.41, 5.74) is 0.282. The Morgan fingerprint density at radius 2 is 1.96 bits per heavy atom. The van der Waals surface area contributed by atoms with Gasteiger partial charge in [-0.25, -0.2) is 9.78 Å². The molecule has 1 amide bonds. The highest BCUT2D eigenvalue weighted by atomic mass is 79.9. The number of hydrogen-bond donors (Lipinski definition) is 0. The van der Waals surface area contributed by atoms with Crippen LogP contribution in [0.4, 0.5) is 10.5 Å². The summed E-state index contributed by atoms with van der Waals surface area (Å²) in [6.45, 7) is 0.870. The number of carbonyl (C=O) groups is 1. The third-order valence-corrected chi connectivity index (χ3v) is 3.71. The molecule has 118 valence electrons. The Morgan fingerprint density at radius 3 is 2.57 bits per heavy atom. The number of benzene rings is 1. The fourth-order valence-corrected chi connectivity index (χ4v) is 2.24. The van der Waals surface area contributed by atoms with E-state index >= 15 is 0 Å². The number of likely N-dealkylation sites (tertiary alicyclic amines) is 1. The molecule has 0 saturated carbocycles. The first kappa shape index (κ1) is 15.4. The number of hydrogen-bond acceptors (Lipinski definition) is 6. The molecule has 0 aliphatic carbocycles. The minimum absolute atomic E-state index is 0.0992. The van der Waals surface area contributed by atoms with E-state index in [-0.39, 0.29) is 11.8 Å². The molecule has 2 heterocycles. The van der Waals surface area contributed by atoms with Gasteiger partial charge in [0.1, 0.15) is 17.5 Å². The van der Waals surface area contributed by atoms with Crippen LogP contribution in [0.15, 0.2) is 52.2 Å². The van der Waals surface area contributed by atoms with Crippen LogP contribution in [0.2, 0.25) is 0 Å². The number of nitroso groups, excluding NO2 is 1. The normalized spacial score (nSPS) is 14.0. The van der Waals surface area contributed by atoms with Crippen molar-refractivity contribution in [3.05, 3.63) is 52.0 Å². The SMILES string of the molecule is O=Nc1ccc(OC(=O)N2CC(Oc3ccc(Br)cn3)C2)cc1. The average molecular weight is 378 g/mol. The van der Waals surface area contributed by atoms with Gasteiger partial charge in [0.2, 0.25) is 5.88 Å². The van der Waals surface area contributed by atoms with Crippen molar-refractivity contribution < 1.29 is 14.3 Å². The van der Waals surface area contributed by atoms with E-state index in [4.69, 9.17) is 9.47 Å². The Labute approximate surface area is 140 Å². The largest absolute Gasteiger partial charge is 0.471 e. The van der Waals surface area contributed by atoms with Crippen molar-refractivity contribution in [2.75, 3.05) is 13.1 Å². The molecule has 0 bridgehead atoms. The maximum Gasteiger partial charge on any atom is 0.415 e. The third kappa shape index (κ3) is 3.84.